The van der Waals surface area contributed by atoms with Crippen LogP contribution in [0.5, 0.6) is 0 Å². The van der Waals surface area contributed by atoms with E-state index >= 15 is 0 Å². The van der Waals surface area contributed by atoms with Gasteiger partial charge in [0, 0.05) is 50.4 Å². The molecule has 0 N–H and O–H groups in total. The van der Waals surface area contributed by atoms with E-state index in [-0.39, 0.29) is 5.56 Å². The van der Waals surface area contributed by atoms with Crippen LogP contribution in [0.15, 0.2) is 112 Å². The molecule has 0 amide bonds. The standard InChI is InChI=1S/C37H35Br2N/c1-35(2)32-21-11-24(23-33(32)36(3,4)37(35,5)6)29-20-22-34(31-10-8-7-9-30(29)31)40(27-16-12-25(38)13-17-27)28-18-14-26(39)15-19-28/h7-23H,1-6H3/i1D3,2D3,3D3,4D3,5D3,6D3. The monoisotopic (exact) mass is 669 g/mol. The lowest BCUT2D eigenvalue weighted by Gasteiger charge is -2.44. The van der Waals surface area contributed by atoms with E-state index in [0.717, 1.165) is 32.5 Å². The van der Waals surface area contributed by atoms with Gasteiger partial charge in [0.05, 0.1) is 5.69 Å². The van der Waals surface area contributed by atoms with Crippen LogP contribution in [0, 0.1) is 5.41 Å². The Bertz CT molecular complexity index is 2260. The van der Waals surface area contributed by atoms with Crippen LogP contribution in [0.2, 0.25) is 0 Å². The molecule has 5 aromatic rings. The predicted molar refractivity (Wildman–Crippen MR) is 179 cm³/mol. The van der Waals surface area contributed by atoms with Crippen molar-refractivity contribution >= 4 is 59.7 Å². The SMILES string of the molecule is [2H]C([2H])([2H])C1(C([2H])([2H])[2H])c2ccc(-c3ccc(N(c4ccc(Br)cc4)c4ccc(Br)cc4)c4ccccc34)cc2C(C([2H])([2H])[2H])(C([2H])([2H])[2H])C1(C([2H])([2H])[2H])C([2H])([2H])[2H]. The van der Waals surface area contributed by atoms with E-state index in [9.17, 15) is 0 Å². The molecule has 0 aliphatic heterocycles. The summed E-state index contributed by atoms with van der Waals surface area (Å²) in [5.41, 5.74) is -12.1. The van der Waals surface area contributed by atoms with Gasteiger partial charge in [-0.2, -0.15) is 0 Å². The lowest BCUT2D eigenvalue weighted by molar-refractivity contribution is 0.125. The molecule has 1 nitrogen and oxygen atoms in total. The fourth-order valence-corrected chi connectivity index (χ4v) is 5.90. The van der Waals surface area contributed by atoms with E-state index in [4.69, 9.17) is 24.7 Å². The number of hydrogen-bond acceptors (Lipinski definition) is 1. The number of fused-ring (bicyclic) bond motifs is 2. The first-order valence-electron chi connectivity index (χ1n) is 21.4. The Morgan fingerprint density at radius 3 is 1.73 bits per heavy atom. The Balaban J connectivity index is 1.78. The van der Waals surface area contributed by atoms with Gasteiger partial charge in [-0.25, -0.2) is 0 Å². The first-order chi connectivity index (χ1) is 26.4. The summed E-state index contributed by atoms with van der Waals surface area (Å²) in [6.45, 7) is -25.2. The molecule has 0 unspecified atom stereocenters. The molecule has 0 atom stereocenters. The van der Waals surface area contributed by atoms with Gasteiger partial charge in [0.15, 0.2) is 0 Å². The summed E-state index contributed by atoms with van der Waals surface area (Å²) in [5.74, 6) is 0. The number of hydrogen-bond donors (Lipinski definition) is 0. The highest BCUT2D eigenvalue weighted by Gasteiger charge is 2.56. The van der Waals surface area contributed by atoms with Gasteiger partial charge in [-0.05, 0) is 98.5 Å². The van der Waals surface area contributed by atoms with Crippen LogP contribution in [-0.2, 0) is 10.8 Å². The van der Waals surface area contributed by atoms with Crippen LogP contribution >= 0.6 is 31.9 Å². The number of rotatable bonds is 4. The number of nitrogens with zero attached hydrogens (tertiary/aromatic N) is 1. The summed E-state index contributed by atoms with van der Waals surface area (Å²) >= 11 is 6.96. The van der Waals surface area contributed by atoms with Crippen molar-refractivity contribution in [2.24, 2.45) is 5.41 Å². The van der Waals surface area contributed by atoms with Crippen LogP contribution in [0.3, 0.4) is 0 Å². The van der Waals surface area contributed by atoms with E-state index in [1.165, 1.54) is 6.07 Å². The largest absolute Gasteiger partial charge is 0.310 e. The highest BCUT2D eigenvalue weighted by Crippen LogP contribution is 2.62. The van der Waals surface area contributed by atoms with Crippen LogP contribution in [-0.4, -0.2) is 0 Å². The summed E-state index contributed by atoms with van der Waals surface area (Å²) in [4.78, 5) is 1.99. The molecule has 3 heteroatoms. The molecule has 0 spiro atoms. The molecule has 0 saturated heterocycles. The normalized spacial score (nSPS) is 25.1. The minimum absolute atomic E-state index is 0.0510. The Morgan fingerprint density at radius 2 is 1.15 bits per heavy atom. The smallest absolute Gasteiger partial charge is 0.0540 e. The summed E-state index contributed by atoms with van der Waals surface area (Å²) in [7, 11) is 0. The first kappa shape index (κ1) is 13.4. The second-order valence-electron chi connectivity index (χ2n) is 9.98. The zero-order valence-electron chi connectivity index (χ0n) is 39.0. The quantitative estimate of drug-likeness (QED) is 0.184. The van der Waals surface area contributed by atoms with Crippen molar-refractivity contribution in [3.8, 4) is 11.1 Å². The number of halogens is 2. The van der Waals surface area contributed by atoms with Crippen molar-refractivity contribution < 1.29 is 24.7 Å². The maximum absolute atomic E-state index is 8.83. The van der Waals surface area contributed by atoms with Gasteiger partial charge in [0.1, 0.15) is 0 Å². The first-order valence-corrected chi connectivity index (χ1v) is 14.0. The summed E-state index contributed by atoms with van der Waals surface area (Å²) in [5, 5.41) is 1.17. The van der Waals surface area contributed by atoms with Crippen LogP contribution in [0.25, 0.3) is 21.9 Å². The predicted octanol–water partition coefficient (Wildman–Crippen LogP) is 12.1. The van der Waals surface area contributed by atoms with Crippen molar-refractivity contribution in [3.05, 3.63) is 123 Å². The highest BCUT2D eigenvalue weighted by atomic mass is 79.9. The topological polar surface area (TPSA) is 3.24 Å². The average molecular weight is 672 g/mol. The second-order valence-corrected chi connectivity index (χ2v) is 11.8. The highest BCUT2D eigenvalue weighted by molar-refractivity contribution is 9.10. The lowest BCUT2D eigenvalue weighted by Crippen LogP contribution is -2.42. The minimum atomic E-state index is -4.46. The molecule has 202 valence electrons. The lowest BCUT2D eigenvalue weighted by atomic mass is 9.59. The van der Waals surface area contributed by atoms with Crippen LogP contribution in [0.4, 0.5) is 17.1 Å². The molecule has 40 heavy (non-hydrogen) atoms. The molecule has 0 saturated carbocycles. The fourth-order valence-electron chi connectivity index (χ4n) is 5.37. The molecule has 1 aliphatic carbocycles. The second kappa shape index (κ2) is 9.60. The van der Waals surface area contributed by atoms with Gasteiger partial charge in [0.2, 0.25) is 0 Å². The van der Waals surface area contributed by atoms with E-state index in [0.29, 0.717) is 22.0 Å². The Morgan fingerprint density at radius 1 is 0.575 bits per heavy atom. The average Bonchev–Trinajstić information content (AvgIpc) is 3.38. The molecular weight excluding hydrogens is 618 g/mol. The number of anilines is 3. The molecule has 5 aromatic carbocycles. The molecule has 0 bridgehead atoms. The summed E-state index contributed by atoms with van der Waals surface area (Å²) in [6, 6.07) is 28.7. The van der Waals surface area contributed by atoms with Crippen LogP contribution < -0.4 is 4.90 Å². The van der Waals surface area contributed by atoms with Gasteiger partial charge in [0.25, 0.3) is 0 Å². The summed E-state index contributed by atoms with van der Waals surface area (Å²) < 4.78 is 160. The van der Waals surface area contributed by atoms with Crippen molar-refractivity contribution in [2.75, 3.05) is 4.90 Å². The Hall–Kier alpha value is -2.88. The van der Waals surface area contributed by atoms with Crippen molar-refractivity contribution in [2.45, 2.75) is 51.9 Å². The van der Waals surface area contributed by atoms with Gasteiger partial charge in [-0.15, -0.1) is 0 Å². The Labute approximate surface area is 280 Å². The van der Waals surface area contributed by atoms with Gasteiger partial charge < -0.3 is 4.90 Å². The van der Waals surface area contributed by atoms with Gasteiger partial charge in [-0.3, -0.25) is 0 Å². The molecule has 0 radical (unpaired) electrons. The minimum Gasteiger partial charge on any atom is -0.310 e. The zero-order valence-corrected chi connectivity index (χ0v) is 24.2. The van der Waals surface area contributed by atoms with Gasteiger partial charge in [-0.1, -0.05) is 122 Å². The molecule has 0 heterocycles. The van der Waals surface area contributed by atoms with Crippen LogP contribution in [0.1, 0.15) is 76.9 Å². The fraction of sp³-hybridized carbons (Fsp3) is 0.243. The molecule has 0 aromatic heterocycles. The van der Waals surface area contributed by atoms with Crippen molar-refractivity contribution in [1.29, 1.82) is 0 Å². The Kier molecular flexibility index (Phi) is 3.22. The third-order valence-electron chi connectivity index (χ3n) is 7.58. The summed E-state index contributed by atoms with van der Waals surface area (Å²) in [6.07, 6.45) is 0. The maximum atomic E-state index is 8.83. The third kappa shape index (κ3) is 4.08. The molecule has 1 aliphatic rings. The van der Waals surface area contributed by atoms with Gasteiger partial charge >= 0.3 is 0 Å². The number of benzene rings is 5. The third-order valence-corrected chi connectivity index (χ3v) is 8.63. The van der Waals surface area contributed by atoms with E-state index in [2.05, 4.69) is 31.9 Å². The van der Waals surface area contributed by atoms with E-state index in [1.807, 2.05) is 59.5 Å². The van der Waals surface area contributed by atoms with E-state index in [1.54, 1.807) is 30.3 Å². The van der Waals surface area contributed by atoms with E-state index < -0.39 is 68.5 Å². The molecule has 6 rings (SSSR count). The molecular formula is C37H35Br2N. The van der Waals surface area contributed by atoms with Crippen molar-refractivity contribution in [3.63, 3.8) is 0 Å². The van der Waals surface area contributed by atoms with Crippen molar-refractivity contribution in [1.82, 2.24) is 0 Å². The molecule has 0 fully saturated rings. The maximum Gasteiger partial charge on any atom is 0.0540 e. The zero-order chi connectivity index (χ0) is 43.4.